The van der Waals surface area contributed by atoms with Crippen molar-refractivity contribution in [1.82, 2.24) is 0 Å². The zero-order chi connectivity index (χ0) is 14.7. The SMILES string of the molecule is Cc1cc(C(=O)Nc2c(C)cccc2C)ccc1NN. The average Bonchev–Trinajstić information content (AvgIpc) is 2.42. The Morgan fingerprint density at radius 1 is 1.00 bits per heavy atom. The molecule has 0 spiro atoms. The van der Waals surface area contributed by atoms with Crippen LogP contribution in [0.1, 0.15) is 27.0 Å². The molecule has 0 aliphatic heterocycles. The molecule has 0 unspecified atom stereocenters. The zero-order valence-corrected chi connectivity index (χ0v) is 11.9. The van der Waals surface area contributed by atoms with Crippen molar-refractivity contribution in [2.24, 2.45) is 5.84 Å². The van der Waals surface area contributed by atoms with Gasteiger partial charge in [0.25, 0.3) is 5.91 Å². The minimum Gasteiger partial charge on any atom is -0.324 e. The van der Waals surface area contributed by atoms with Gasteiger partial charge in [-0.25, -0.2) is 0 Å². The van der Waals surface area contributed by atoms with Gasteiger partial charge < -0.3 is 10.7 Å². The van der Waals surface area contributed by atoms with Gasteiger partial charge in [-0.15, -0.1) is 0 Å². The van der Waals surface area contributed by atoms with Crippen LogP contribution in [0.25, 0.3) is 0 Å². The second kappa shape index (κ2) is 5.75. The second-order valence-corrected chi connectivity index (χ2v) is 4.89. The molecule has 0 aliphatic carbocycles. The summed E-state index contributed by atoms with van der Waals surface area (Å²) < 4.78 is 0. The summed E-state index contributed by atoms with van der Waals surface area (Å²) in [4.78, 5) is 12.3. The highest BCUT2D eigenvalue weighted by Gasteiger charge is 2.10. The van der Waals surface area contributed by atoms with Crippen molar-refractivity contribution in [3.63, 3.8) is 0 Å². The van der Waals surface area contributed by atoms with E-state index >= 15 is 0 Å². The number of nitrogens with two attached hydrogens (primary N) is 1. The van der Waals surface area contributed by atoms with Crippen LogP contribution in [-0.4, -0.2) is 5.91 Å². The molecular formula is C16H19N3O. The molecule has 104 valence electrons. The van der Waals surface area contributed by atoms with Crippen LogP contribution in [-0.2, 0) is 0 Å². The molecule has 0 bridgehead atoms. The highest BCUT2D eigenvalue weighted by atomic mass is 16.1. The molecule has 2 rings (SSSR count). The maximum absolute atomic E-state index is 12.3. The highest BCUT2D eigenvalue weighted by molar-refractivity contribution is 6.05. The van der Waals surface area contributed by atoms with Crippen LogP contribution >= 0.6 is 0 Å². The van der Waals surface area contributed by atoms with Gasteiger partial charge in [0.2, 0.25) is 0 Å². The molecule has 0 radical (unpaired) electrons. The Kier molecular flexibility index (Phi) is 4.05. The van der Waals surface area contributed by atoms with E-state index in [9.17, 15) is 4.79 Å². The van der Waals surface area contributed by atoms with E-state index in [2.05, 4.69) is 10.7 Å². The topological polar surface area (TPSA) is 67.2 Å². The fourth-order valence-electron chi connectivity index (χ4n) is 2.16. The number of anilines is 2. The first kappa shape index (κ1) is 14.1. The van der Waals surface area contributed by atoms with Crippen LogP contribution in [0.4, 0.5) is 11.4 Å². The lowest BCUT2D eigenvalue weighted by Crippen LogP contribution is -2.15. The van der Waals surface area contributed by atoms with E-state index in [0.29, 0.717) is 5.56 Å². The second-order valence-electron chi connectivity index (χ2n) is 4.89. The van der Waals surface area contributed by atoms with Crippen molar-refractivity contribution in [2.45, 2.75) is 20.8 Å². The molecule has 2 aromatic carbocycles. The number of carbonyl (C=O) groups excluding carboxylic acids is 1. The van der Waals surface area contributed by atoms with Gasteiger partial charge in [0.15, 0.2) is 0 Å². The number of carbonyl (C=O) groups is 1. The number of nitrogen functional groups attached to an aromatic ring is 1. The van der Waals surface area contributed by atoms with Crippen LogP contribution in [0.3, 0.4) is 0 Å². The summed E-state index contributed by atoms with van der Waals surface area (Å²) in [7, 11) is 0. The van der Waals surface area contributed by atoms with Gasteiger partial charge in [0.05, 0.1) is 5.69 Å². The lowest BCUT2D eigenvalue weighted by Gasteiger charge is -2.12. The molecule has 20 heavy (non-hydrogen) atoms. The zero-order valence-electron chi connectivity index (χ0n) is 11.9. The smallest absolute Gasteiger partial charge is 0.255 e. The van der Waals surface area contributed by atoms with Crippen LogP contribution in [0, 0.1) is 20.8 Å². The Labute approximate surface area is 119 Å². The van der Waals surface area contributed by atoms with Crippen molar-refractivity contribution in [3.8, 4) is 0 Å². The predicted octanol–water partition coefficient (Wildman–Crippen LogP) is 3.15. The van der Waals surface area contributed by atoms with Gasteiger partial charge in [-0.1, -0.05) is 18.2 Å². The summed E-state index contributed by atoms with van der Waals surface area (Å²) >= 11 is 0. The lowest BCUT2D eigenvalue weighted by molar-refractivity contribution is 0.102. The van der Waals surface area contributed by atoms with E-state index in [4.69, 9.17) is 5.84 Å². The van der Waals surface area contributed by atoms with E-state index in [1.165, 1.54) is 0 Å². The van der Waals surface area contributed by atoms with Gasteiger partial charge in [0.1, 0.15) is 0 Å². The number of aryl methyl sites for hydroxylation is 3. The van der Waals surface area contributed by atoms with E-state index in [1.54, 1.807) is 12.1 Å². The summed E-state index contributed by atoms with van der Waals surface area (Å²) in [5.41, 5.74) is 7.93. The number of para-hydroxylation sites is 1. The maximum Gasteiger partial charge on any atom is 0.255 e. The van der Waals surface area contributed by atoms with Gasteiger partial charge in [0, 0.05) is 11.3 Å². The summed E-state index contributed by atoms with van der Waals surface area (Å²) in [6.07, 6.45) is 0. The monoisotopic (exact) mass is 269 g/mol. The van der Waals surface area contributed by atoms with Crippen molar-refractivity contribution < 1.29 is 4.79 Å². The van der Waals surface area contributed by atoms with Crippen molar-refractivity contribution in [2.75, 3.05) is 10.7 Å². The summed E-state index contributed by atoms with van der Waals surface area (Å²) in [6.45, 7) is 5.87. The lowest BCUT2D eigenvalue weighted by atomic mass is 10.1. The number of hydrogen-bond acceptors (Lipinski definition) is 3. The number of amides is 1. The Morgan fingerprint density at radius 2 is 1.65 bits per heavy atom. The van der Waals surface area contributed by atoms with Crippen LogP contribution < -0.4 is 16.6 Å². The minimum absolute atomic E-state index is 0.117. The third-order valence-electron chi connectivity index (χ3n) is 3.36. The van der Waals surface area contributed by atoms with Gasteiger partial charge in [-0.05, 0) is 55.7 Å². The Balaban J connectivity index is 2.26. The number of rotatable bonds is 3. The first-order valence-corrected chi connectivity index (χ1v) is 6.47. The number of hydrogen-bond donors (Lipinski definition) is 3. The number of hydrazine groups is 1. The third-order valence-corrected chi connectivity index (χ3v) is 3.36. The van der Waals surface area contributed by atoms with Crippen LogP contribution in [0.15, 0.2) is 36.4 Å². The van der Waals surface area contributed by atoms with Crippen LogP contribution in [0.5, 0.6) is 0 Å². The summed E-state index contributed by atoms with van der Waals surface area (Å²) in [5, 5.41) is 2.97. The molecule has 1 amide bonds. The summed E-state index contributed by atoms with van der Waals surface area (Å²) in [6, 6.07) is 11.3. The fourth-order valence-corrected chi connectivity index (χ4v) is 2.16. The quantitative estimate of drug-likeness (QED) is 0.592. The van der Waals surface area contributed by atoms with Crippen molar-refractivity contribution >= 4 is 17.3 Å². The number of benzene rings is 2. The van der Waals surface area contributed by atoms with E-state index in [-0.39, 0.29) is 5.91 Å². The first-order valence-electron chi connectivity index (χ1n) is 6.47. The third kappa shape index (κ3) is 2.81. The van der Waals surface area contributed by atoms with Crippen molar-refractivity contribution in [1.29, 1.82) is 0 Å². The van der Waals surface area contributed by atoms with Gasteiger partial charge >= 0.3 is 0 Å². The molecule has 4 heteroatoms. The normalized spacial score (nSPS) is 10.2. The Morgan fingerprint density at radius 3 is 2.20 bits per heavy atom. The Hall–Kier alpha value is -2.33. The molecular weight excluding hydrogens is 250 g/mol. The molecule has 2 aromatic rings. The molecule has 0 fully saturated rings. The maximum atomic E-state index is 12.3. The molecule has 0 saturated carbocycles. The number of nitrogens with one attached hydrogen (secondary N) is 2. The summed E-state index contributed by atoms with van der Waals surface area (Å²) in [5.74, 6) is 5.27. The minimum atomic E-state index is -0.117. The van der Waals surface area contributed by atoms with E-state index < -0.39 is 0 Å². The largest absolute Gasteiger partial charge is 0.324 e. The highest BCUT2D eigenvalue weighted by Crippen LogP contribution is 2.21. The molecule has 0 saturated heterocycles. The molecule has 0 aliphatic rings. The molecule has 4 nitrogen and oxygen atoms in total. The standard InChI is InChI=1S/C16H19N3O/c1-10-5-4-6-11(2)15(10)18-16(20)13-7-8-14(19-17)12(3)9-13/h4-9,19H,17H2,1-3H3,(H,18,20). The van der Waals surface area contributed by atoms with Crippen LogP contribution in [0.2, 0.25) is 0 Å². The fraction of sp³-hybridized carbons (Fsp3) is 0.188. The first-order chi connectivity index (χ1) is 9.52. The van der Waals surface area contributed by atoms with Gasteiger partial charge in [-0.2, -0.15) is 0 Å². The van der Waals surface area contributed by atoms with E-state index in [0.717, 1.165) is 28.1 Å². The average molecular weight is 269 g/mol. The van der Waals surface area contributed by atoms with E-state index in [1.807, 2.05) is 45.0 Å². The molecule has 0 heterocycles. The van der Waals surface area contributed by atoms with Crippen molar-refractivity contribution in [3.05, 3.63) is 58.7 Å². The van der Waals surface area contributed by atoms with Gasteiger partial charge in [-0.3, -0.25) is 10.6 Å². The molecule has 4 N–H and O–H groups in total. The molecule has 0 atom stereocenters. The Bertz CT molecular complexity index is 630. The molecule has 0 aromatic heterocycles. The predicted molar refractivity (Wildman–Crippen MR) is 82.9 cm³/mol.